The number of nitrogens with one attached hydrogen (secondary N) is 2. The summed E-state index contributed by atoms with van der Waals surface area (Å²) in [7, 11) is 0. The van der Waals surface area contributed by atoms with Gasteiger partial charge in [-0.15, -0.1) is 0 Å². The lowest BCUT2D eigenvalue weighted by Crippen LogP contribution is -2.35. The summed E-state index contributed by atoms with van der Waals surface area (Å²) in [6.45, 7) is 4.00. The third kappa shape index (κ3) is 4.84. The second-order valence-electron chi connectivity index (χ2n) is 5.72. The van der Waals surface area contributed by atoms with Crippen LogP contribution < -0.4 is 16.4 Å². The van der Waals surface area contributed by atoms with E-state index in [-0.39, 0.29) is 12.3 Å². The standard InChI is InChI=1S/C19H23N3O2/c1-3-14-8-6-9-15(11-14)21-18(23)12-17(22-19(20)24)16-10-5-4-7-13(16)2/h4-11,17H,3,12H2,1-2H3,(H,21,23)(H3,20,22,24). The van der Waals surface area contributed by atoms with E-state index in [1.54, 1.807) is 0 Å². The number of nitrogens with two attached hydrogens (primary N) is 1. The van der Waals surface area contributed by atoms with Crippen LogP contribution in [0.2, 0.25) is 0 Å². The molecular weight excluding hydrogens is 302 g/mol. The molecule has 0 aromatic heterocycles. The molecule has 3 amide bonds. The minimum absolute atomic E-state index is 0.115. The van der Waals surface area contributed by atoms with Crippen LogP contribution in [0.4, 0.5) is 10.5 Å². The van der Waals surface area contributed by atoms with Gasteiger partial charge in [0.25, 0.3) is 0 Å². The maximum Gasteiger partial charge on any atom is 0.312 e. The van der Waals surface area contributed by atoms with Gasteiger partial charge in [-0.3, -0.25) is 4.79 Å². The molecule has 0 aliphatic carbocycles. The molecule has 0 saturated carbocycles. The average molecular weight is 325 g/mol. The van der Waals surface area contributed by atoms with Gasteiger partial charge in [0.05, 0.1) is 12.5 Å². The number of rotatable bonds is 6. The molecule has 0 saturated heterocycles. The van der Waals surface area contributed by atoms with Crippen molar-refractivity contribution in [2.75, 3.05) is 5.32 Å². The average Bonchev–Trinajstić information content (AvgIpc) is 2.54. The van der Waals surface area contributed by atoms with E-state index in [1.165, 1.54) is 0 Å². The lowest BCUT2D eigenvalue weighted by Gasteiger charge is -2.19. The summed E-state index contributed by atoms with van der Waals surface area (Å²) in [4.78, 5) is 23.7. The predicted octanol–water partition coefficient (Wildman–Crippen LogP) is 3.30. The molecule has 2 aromatic carbocycles. The number of benzene rings is 2. The topological polar surface area (TPSA) is 84.2 Å². The Balaban J connectivity index is 2.12. The van der Waals surface area contributed by atoms with Crippen LogP contribution in [0.5, 0.6) is 0 Å². The maximum absolute atomic E-state index is 12.4. The van der Waals surface area contributed by atoms with Crippen molar-refractivity contribution in [3.63, 3.8) is 0 Å². The van der Waals surface area contributed by atoms with Crippen molar-refractivity contribution in [2.45, 2.75) is 32.7 Å². The molecule has 0 spiro atoms. The molecule has 0 aliphatic rings. The van der Waals surface area contributed by atoms with Crippen molar-refractivity contribution in [1.29, 1.82) is 0 Å². The van der Waals surface area contributed by atoms with Crippen LogP contribution in [0, 0.1) is 6.92 Å². The van der Waals surface area contributed by atoms with E-state index in [4.69, 9.17) is 5.73 Å². The minimum Gasteiger partial charge on any atom is -0.352 e. The number of hydrogen-bond acceptors (Lipinski definition) is 2. The van der Waals surface area contributed by atoms with Gasteiger partial charge in [0.1, 0.15) is 0 Å². The van der Waals surface area contributed by atoms with Gasteiger partial charge in [0, 0.05) is 5.69 Å². The smallest absolute Gasteiger partial charge is 0.312 e. The summed E-state index contributed by atoms with van der Waals surface area (Å²) in [6, 6.07) is 14.2. The van der Waals surface area contributed by atoms with Crippen LogP contribution >= 0.6 is 0 Å². The second kappa shape index (κ2) is 8.15. The highest BCUT2D eigenvalue weighted by atomic mass is 16.2. The van der Waals surface area contributed by atoms with E-state index < -0.39 is 12.1 Å². The van der Waals surface area contributed by atoms with E-state index in [0.717, 1.165) is 28.8 Å². The normalized spacial score (nSPS) is 11.6. The summed E-state index contributed by atoms with van der Waals surface area (Å²) < 4.78 is 0. The fourth-order valence-electron chi connectivity index (χ4n) is 2.65. The zero-order valence-corrected chi connectivity index (χ0v) is 14.0. The Labute approximate surface area is 142 Å². The van der Waals surface area contributed by atoms with Gasteiger partial charge in [-0.25, -0.2) is 4.79 Å². The van der Waals surface area contributed by atoms with Crippen molar-refractivity contribution in [1.82, 2.24) is 5.32 Å². The Hall–Kier alpha value is -2.82. The number of urea groups is 1. The van der Waals surface area contributed by atoms with Gasteiger partial charge in [-0.2, -0.15) is 0 Å². The molecule has 5 nitrogen and oxygen atoms in total. The number of carbonyl (C=O) groups is 2. The number of anilines is 1. The van der Waals surface area contributed by atoms with E-state index >= 15 is 0 Å². The van der Waals surface area contributed by atoms with Gasteiger partial charge in [-0.05, 0) is 42.2 Å². The molecular formula is C19H23N3O2. The molecule has 2 aromatic rings. The van der Waals surface area contributed by atoms with Crippen LogP contribution in [-0.2, 0) is 11.2 Å². The molecule has 1 atom stereocenters. The van der Waals surface area contributed by atoms with E-state index in [0.29, 0.717) is 0 Å². The molecule has 4 N–H and O–H groups in total. The number of primary amides is 1. The molecule has 0 heterocycles. The maximum atomic E-state index is 12.4. The Bertz CT molecular complexity index is 728. The van der Waals surface area contributed by atoms with Gasteiger partial charge in [0.15, 0.2) is 0 Å². The molecule has 1 unspecified atom stereocenters. The Kier molecular flexibility index (Phi) is 5.95. The van der Waals surface area contributed by atoms with Gasteiger partial charge in [-0.1, -0.05) is 43.3 Å². The van der Waals surface area contributed by atoms with Crippen LogP contribution in [0.15, 0.2) is 48.5 Å². The second-order valence-corrected chi connectivity index (χ2v) is 5.72. The zero-order chi connectivity index (χ0) is 17.5. The number of hydrogen-bond donors (Lipinski definition) is 3. The first-order chi connectivity index (χ1) is 11.5. The number of amides is 3. The highest BCUT2D eigenvalue weighted by Gasteiger charge is 2.19. The molecule has 5 heteroatoms. The van der Waals surface area contributed by atoms with Gasteiger partial charge < -0.3 is 16.4 Å². The summed E-state index contributed by atoms with van der Waals surface area (Å²) in [5.41, 5.74) is 9.05. The summed E-state index contributed by atoms with van der Waals surface area (Å²) >= 11 is 0. The van der Waals surface area contributed by atoms with Crippen molar-refractivity contribution in [3.05, 3.63) is 65.2 Å². The molecule has 0 radical (unpaired) electrons. The summed E-state index contributed by atoms with van der Waals surface area (Å²) in [5, 5.41) is 5.53. The van der Waals surface area contributed by atoms with Gasteiger partial charge >= 0.3 is 6.03 Å². The van der Waals surface area contributed by atoms with Crippen molar-refractivity contribution >= 4 is 17.6 Å². The van der Waals surface area contributed by atoms with Crippen LogP contribution in [0.1, 0.15) is 36.1 Å². The Morgan fingerprint density at radius 2 is 1.88 bits per heavy atom. The lowest BCUT2D eigenvalue weighted by atomic mass is 9.98. The highest BCUT2D eigenvalue weighted by Crippen LogP contribution is 2.21. The van der Waals surface area contributed by atoms with Crippen LogP contribution in [0.25, 0.3) is 0 Å². The fraction of sp³-hybridized carbons (Fsp3) is 0.263. The molecule has 24 heavy (non-hydrogen) atoms. The number of aryl methyl sites for hydroxylation is 2. The molecule has 0 fully saturated rings. The van der Waals surface area contributed by atoms with E-state index in [9.17, 15) is 9.59 Å². The van der Waals surface area contributed by atoms with Crippen LogP contribution in [0.3, 0.4) is 0 Å². The third-order valence-corrected chi connectivity index (χ3v) is 3.89. The SMILES string of the molecule is CCc1cccc(NC(=O)CC(NC(N)=O)c2ccccc2C)c1. The zero-order valence-electron chi connectivity index (χ0n) is 14.0. The largest absolute Gasteiger partial charge is 0.352 e. The first-order valence-corrected chi connectivity index (χ1v) is 8.00. The van der Waals surface area contributed by atoms with Crippen LogP contribution in [-0.4, -0.2) is 11.9 Å². The minimum atomic E-state index is -0.649. The number of carbonyl (C=O) groups excluding carboxylic acids is 2. The van der Waals surface area contributed by atoms with Gasteiger partial charge in [0.2, 0.25) is 5.91 Å². The highest BCUT2D eigenvalue weighted by molar-refractivity contribution is 5.91. The monoisotopic (exact) mass is 325 g/mol. The molecule has 0 bridgehead atoms. The third-order valence-electron chi connectivity index (χ3n) is 3.89. The van der Waals surface area contributed by atoms with Crippen molar-refractivity contribution in [2.24, 2.45) is 5.73 Å². The molecule has 126 valence electrons. The van der Waals surface area contributed by atoms with Crippen molar-refractivity contribution < 1.29 is 9.59 Å². The van der Waals surface area contributed by atoms with E-state index in [1.807, 2.05) is 55.5 Å². The molecule has 2 rings (SSSR count). The summed E-state index contributed by atoms with van der Waals surface area (Å²) in [6.07, 6.45) is 1.02. The predicted molar refractivity (Wildman–Crippen MR) is 95.7 cm³/mol. The Morgan fingerprint density at radius 3 is 2.54 bits per heavy atom. The van der Waals surface area contributed by atoms with Crippen molar-refractivity contribution in [3.8, 4) is 0 Å². The van der Waals surface area contributed by atoms with E-state index in [2.05, 4.69) is 17.6 Å². The fourth-order valence-corrected chi connectivity index (χ4v) is 2.65. The first kappa shape index (κ1) is 17.5. The lowest BCUT2D eigenvalue weighted by molar-refractivity contribution is -0.116. The Morgan fingerprint density at radius 1 is 1.12 bits per heavy atom. The molecule has 0 aliphatic heterocycles. The summed E-state index contributed by atoms with van der Waals surface area (Å²) in [5.74, 6) is -0.176. The quantitative estimate of drug-likeness (QED) is 0.761. The first-order valence-electron chi connectivity index (χ1n) is 8.00.